The van der Waals surface area contributed by atoms with Crippen LogP contribution < -0.4 is 5.43 Å². The highest BCUT2D eigenvalue weighted by molar-refractivity contribution is 5.93. The smallest absolute Gasteiger partial charge is 0.229 e. The first-order valence-corrected chi connectivity index (χ1v) is 5.50. The number of benzene rings is 1. The molecule has 0 saturated carbocycles. The fourth-order valence-corrected chi connectivity index (χ4v) is 2.17. The summed E-state index contributed by atoms with van der Waals surface area (Å²) in [6.07, 6.45) is 0. The van der Waals surface area contributed by atoms with Crippen LogP contribution in [0.2, 0.25) is 0 Å². The van der Waals surface area contributed by atoms with Crippen molar-refractivity contribution in [1.82, 2.24) is 9.78 Å². The number of hydrogen-bond donors (Lipinski definition) is 1. The summed E-state index contributed by atoms with van der Waals surface area (Å²) in [5, 5.41) is 12.7. The standard InChI is InChI=1S/C12H7F3N2O3/c1-3-4-9(18)5-10(19)7(14)6(13)8(15)11(5)20-12(4)17(2)16-3/h19H,1-2H3. The van der Waals surface area contributed by atoms with Crippen molar-refractivity contribution >= 4 is 22.1 Å². The molecule has 3 aromatic rings. The molecule has 0 aliphatic carbocycles. The van der Waals surface area contributed by atoms with Gasteiger partial charge in [-0.25, -0.2) is 9.07 Å². The molecule has 0 saturated heterocycles. The Hall–Kier alpha value is -2.51. The second-order valence-electron chi connectivity index (χ2n) is 4.32. The van der Waals surface area contributed by atoms with E-state index in [0.717, 1.165) is 0 Å². The summed E-state index contributed by atoms with van der Waals surface area (Å²) < 4.78 is 46.6. The number of aromatic nitrogens is 2. The minimum absolute atomic E-state index is 0.0271. The lowest BCUT2D eigenvalue weighted by molar-refractivity contribution is 0.389. The molecule has 1 aromatic carbocycles. The van der Waals surface area contributed by atoms with E-state index in [-0.39, 0.29) is 16.8 Å². The van der Waals surface area contributed by atoms with Crippen LogP contribution in [0, 0.1) is 24.4 Å². The molecule has 0 bridgehead atoms. The molecule has 0 fully saturated rings. The van der Waals surface area contributed by atoms with E-state index in [9.17, 15) is 23.1 Å². The van der Waals surface area contributed by atoms with E-state index in [0.29, 0.717) is 0 Å². The summed E-state index contributed by atoms with van der Waals surface area (Å²) in [6.45, 7) is 1.50. The van der Waals surface area contributed by atoms with Gasteiger partial charge in [0, 0.05) is 7.05 Å². The van der Waals surface area contributed by atoms with Crippen molar-refractivity contribution in [3.8, 4) is 5.75 Å². The van der Waals surface area contributed by atoms with E-state index in [1.807, 2.05) is 0 Å². The lowest BCUT2D eigenvalue weighted by atomic mass is 10.1. The molecule has 0 aliphatic heterocycles. The quantitative estimate of drug-likeness (QED) is 0.642. The molecule has 2 heterocycles. The molecule has 0 radical (unpaired) electrons. The van der Waals surface area contributed by atoms with Crippen molar-refractivity contribution in [3.63, 3.8) is 0 Å². The maximum Gasteiger partial charge on any atom is 0.229 e. The Labute approximate surface area is 108 Å². The second-order valence-corrected chi connectivity index (χ2v) is 4.32. The minimum Gasteiger partial charge on any atom is -0.504 e. The molecule has 3 rings (SSSR count). The van der Waals surface area contributed by atoms with Crippen molar-refractivity contribution in [3.05, 3.63) is 33.4 Å². The van der Waals surface area contributed by atoms with E-state index in [4.69, 9.17) is 4.42 Å². The molecule has 5 nitrogen and oxygen atoms in total. The molecule has 0 atom stereocenters. The fraction of sp³-hybridized carbons (Fsp3) is 0.167. The predicted octanol–water partition coefficient (Wildman–Crippen LogP) is 2.11. The van der Waals surface area contributed by atoms with Gasteiger partial charge in [0.2, 0.25) is 28.6 Å². The minimum atomic E-state index is -1.91. The van der Waals surface area contributed by atoms with Gasteiger partial charge in [-0.1, -0.05) is 0 Å². The summed E-state index contributed by atoms with van der Waals surface area (Å²) in [4.78, 5) is 12.2. The lowest BCUT2D eigenvalue weighted by Crippen LogP contribution is -2.07. The SMILES string of the molecule is Cc1nn(C)c2oc3c(F)c(F)c(F)c(O)c3c(=O)c12. The molecule has 0 amide bonds. The number of nitrogens with zero attached hydrogens (tertiary/aromatic N) is 2. The average molecular weight is 284 g/mol. The molecule has 1 N–H and O–H groups in total. The normalized spacial score (nSPS) is 11.7. The Bertz CT molecular complexity index is 943. The van der Waals surface area contributed by atoms with Gasteiger partial charge in [0.15, 0.2) is 11.3 Å². The first-order chi connectivity index (χ1) is 9.34. The lowest BCUT2D eigenvalue weighted by Gasteiger charge is -2.05. The highest BCUT2D eigenvalue weighted by atomic mass is 19.2. The Morgan fingerprint density at radius 3 is 2.45 bits per heavy atom. The topological polar surface area (TPSA) is 68.3 Å². The van der Waals surface area contributed by atoms with Crippen LogP contribution in [0.1, 0.15) is 5.69 Å². The summed E-state index contributed by atoms with van der Waals surface area (Å²) >= 11 is 0. The van der Waals surface area contributed by atoms with E-state index >= 15 is 0 Å². The third kappa shape index (κ3) is 1.33. The highest BCUT2D eigenvalue weighted by Gasteiger charge is 2.26. The van der Waals surface area contributed by atoms with Crippen LogP contribution in [-0.4, -0.2) is 14.9 Å². The Balaban J connectivity index is 2.73. The Kier molecular flexibility index (Phi) is 2.35. The van der Waals surface area contributed by atoms with E-state index in [2.05, 4.69) is 5.10 Å². The van der Waals surface area contributed by atoms with Crippen LogP contribution >= 0.6 is 0 Å². The average Bonchev–Trinajstić information content (AvgIpc) is 2.69. The van der Waals surface area contributed by atoms with Gasteiger partial charge in [0.05, 0.1) is 5.69 Å². The molecule has 0 unspecified atom stereocenters. The maximum absolute atomic E-state index is 13.7. The number of aromatic hydroxyl groups is 1. The number of hydrogen-bond acceptors (Lipinski definition) is 4. The number of rotatable bonds is 0. The Morgan fingerprint density at radius 1 is 1.15 bits per heavy atom. The number of halogens is 3. The first kappa shape index (κ1) is 12.5. The summed E-state index contributed by atoms with van der Waals surface area (Å²) in [7, 11) is 1.45. The van der Waals surface area contributed by atoms with Gasteiger partial charge < -0.3 is 9.52 Å². The molecule has 104 valence electrons. The molecular formula is C12H7F3N2O3. The third-order valence-electron chi connectivity index (χ3n) is 3.08. The van der Waals surface area contributed by atoms with Crippen molar-refractivity contribution in [2.75, 3.05) is 0 Å². The molecular weight excluding hydrogens is 277 g/mol. The van der Waals surface area contributed by atoms with Crippen LogP contribution in [0.5, 0.6) is 5.75 Å². The largest absolute Gasteiger partial charge is 0.504 e. The van der Waals surface area contributed by atoms with E-state index in [1.54, 1.807) is 0 Å². The van der Waals surface area contributed by atoms with Crippen molar-refractivity contribution in [1.29, 1.82) is 0 Å². The Morgan fingerprint density at radius 2 is 1.80 bits per heavy atom. The molecule has 8 heteroatoms. The number of phenolic OH excluding ortho intramolecular Hbond substituents is 1. The van der Waals surface area contributed by atoms with Gasteiger partial charge >= 0.3 is 0 Å². The van der Waals surface area contributed by atoms with Crippen LogP contribution in [0.3, 0.4) is 0 Å². The van der Waals surface area contributed by atoms with Crippen LogP contribution in [0.25, 0.3) is 22.1 Å². The van der Waals surface area contributed by atoms with Gasteiger partial charge in [-0.05, 0) is 6.92 Å². The van der Waals surface area contributed by atoms with Gasteiger partial charge in [0.1, 0.15) is 10.8 Å². The van der Waals surface area contributed by atoms with Gasteiger partial charge in [-0.3, -0.25) is 4.79 Å². The van der Waals surface area contributed by atoms with Crippen LogP contribution in [0.15, 0.2) is 9.21 Å². The zero-order chi connectivity index (χ0) is 14.8. The first-order valence-electron chi connectivity index (χ1n) is 5.50. The van der Waals surface area contributed by atoms with Gasteiger partial charge in [-0.2, -0.15) is 13.9 Å². The number of aryl methyl sites for hydroxylation is 2. The summed E-state index contributed by atoms with van der Waals surface area (Å²) in [5.41, 5.74) is -1.55. The van der Waals surface area contributed by atoms with Crippen LogP contribution in [0.4, 0.5) is 13.2 Å². The van der Waals surface area contributed by atoms with Gasteiger partial charge in [0.25, 0.3) is 0 Å². The zero-order valence-corrected chi connectivity index (χ0v) is 10.3. The van der Waals surface area contributed by atoms with Crippen LogP contribution in [-0.2, 0) is 7.05 Å². The van der Waals surface area contributed by atoms with Crippen molar-refractivity contribution in [2.45, 2.75) is 6.92 Å². The fourth-order valence-electron chi connectivity index (χ4n) is 2.17. The molecule has 0 spiro atoms. The monoisotopic (exact) mass is 284 g/mol. The summed E-state index contributed by atoms with van der Waals surface area (Å²) in [6, 6.07) is 0. The van der Waals surface area contributed by atoms with E-state index in [1.165, 1.54) is 18.7 Å². The van der Waals surface area contributed by atoms with Crippen molar-refractivity contribution < 1.29 is 22.7 Å². The molecule has 0 aliphatic rings. The van der Waals surface area contributed by atoms with Gasteiger partial charge in [-0.15, -0.1) is 0 Å². The number of phenols is 1. The third-order valence-corrected chi connectivity index (χ3v) is 3.08. The maximum atomic E-state index is 13.7. The second kappa shape index (κ2) is 3.75. The predicted molar refractivity (Wildman–Crippen MR) is 63.0 cm³/mol. The molecule has 20 heavy (non-hydrogen) atoms. The van der Waals surface area contributed by atoms with E-state index < -0.39 is 39.6 Å². The zero-order valence-electron chi connectivity index (χ0n) is 10.3. The summed E-state index contributed by atoms with van der Waals surface area (Å²) in [5.74, 6) is -6.69. The molecule has 2 aromatic heterocycles. The highest BCUT2D eigenvalue weighted by Crippen LogP contribution is 2.32. The number of fused-ring (bicyclic) bond motifs is 2. The van der Waals surface area contributed by atoms with Crippen molar-refractivity contribution in [2.24, 2.45) is 7.05 Å².